The number of benzene rings is 4. The normalized spacial score (nSPS) is 14.2. The van der Waals surface area contributed by atoms with E-state index in [0.717, 1.165) is 0 Å². The predicted molar refractivity (Wildman–Crippen MR) is 163 cm³/mol. The molecule has 0 unspecified atom stereocenters. The fourth-order valence-electron chi connectivity index (χ4n) is 4.10. The van der Waals surface area contributed by atoms with Gasteiger partial charge < -0.3 is 14.2 Å². The zero-order valence-electron chi connectivity index (χ0n) is 21.6. The van der Waals surface area contributed by atoms with Crippen LogP contribution in [0.3, 0.4) is 0 Å². The molecule has 1 aliphatic heterocycles. The fraction of sp³-hybridized carbons (Fsp3) is 0.0645. The first-order chi connectivity index (χ1) is 19.8. The molecule has 1 heterocycles. The van der Waals surface area contributed by atoms with Gasteiger partial charge in [0, 0.05) is 5.56 Å². The van der Waals surface area contributed by atoms with Crippen molar-refractivity contribution in [1.29, 1.82) is 0 Å². The number of hydrogen-bond donors (Lipinski definition) is 1. The molecule has 0 bridgehead atoms. The number of anilines is 1. The highest BCUT2D eigenvalue weighted by atomic mass is 35.5. The molecule has 10 heteroatoms. The number of nitrogens with zero attached hydrogens (tertiary/aromatic N) is 1. The van der Waals surface area contributed by atoms with E-state index in [-0.39, 0.29) is 17.3 Å². The van der Waals surface area contributed by atoms with Gasteiger partial charge >= 0.3 is 0 Å². The van der Waals surface area contributed by atoms with E-state index >= 15 is 0 Å². The van der Waals surface area contributed by atoms with Gasteiger partial charge in [-0.15, -0.1) is 0 Å². The highest BCUT2D eigenvalue weighted by Gasteiger charge is 2.34. The van der Waals surface area contributed by atoms with E-state index in [1.54, 1.807) is 60.7 Å². The molecule has 2 amide bonds. The second kappa shape index (κ2) is 12.4. The van der Waals surface area contributed by atoms with Gasteiger partial charge in [0.25, 0.3) is 11.8 Å². The maximum absolute atomic E-state index is 13.5. The van der Waals surface area contributed by atoms with Crippen molar-refractivity contribution in [3.05, 3.63) is 118 Å². The van der Waals surface area contributed by atoms with E-state index in [4.69, 9.17) is 49.6 Å². The Morgan fingerprint density at radius 1 is 0.878 bits per heavy atom. The molecule has 1 aliphatic rings. The lowest BCUT2D eigenvalue weighted by molar-refractivity contribution is -0.122. The molecule has 0 saturated carbocycles. The number of carbonyl (C=O) groups is 2. The summed E-state index contributed by atoms with van der Waals surface area (Å²) in [7, 11) is 1.54. The predicted octanol–water partition coefficient (Wildman–Crippen LogP) is 7.20. The smallest absolute Gasteiger partial charge is 0.270 e. The van der Waals surface area contributed by atoms with Gasteiger partial charge in [-0.1, -0.05) is 53.5 Å². The Kier molecular flexibility index (Phi) is 8.54. The van der Waals surface area contributed by atoms with Crippen LogP contribution in [0.5, 0.6) is 23.0 Å². The van der Waals surface area contributed by atoms with Crippen molar-refractivity contribution in [1.82, 2.24) is 5.32 Å². The van der Waals surface area contributed by atoms with Crippen molar-refractivity contribution in [2.75, 3.05) is 12.0 Å². The van der Waals surface area contributed by atoms with Crippen LogP contribution in [-0.4, -0.2) is 24.0 Å². The highest BCUT2D eigenvalue weighted by Crippen LogP contribution is 2.33. The van der Waals surface area contributed by atoms with Crippen LogP contribution < -0.4 is 24.4 Å². The van der Waals surface area contributed by atoms with Crippen molar-refractivity contribution in [2.45, 2.75) is 6.61 Å². The quantitative estimate of drug-likeness (QED) is 0.130. The van der Waals surface area contributed by atoms with Gasteiger partial charge in [-0.25, -0.2) is 0 Å². The molecule has 5 rings (SSSR count). The number of para-hydroxylation sites is 1. The van der Waals surface area contributed by atoms with Crippen molar-refractivity contribution in [3.8, 4) is 23.0 Å². The van der Waals surface area contributed by atoms with E-state index in [2.05, 4.69) is 5.32 Å². The summed E-state index contributed by atoms with van der Waals surface area (Å²) in [6.07, 6.45) is 1.49. The van der Waals surface area contributed by atoms with E-state index in [1.807, 2.05) is 30.3 Å². The number of methoxy groups -OCH3 is 1. The molecule has 206 valence electrons. The fourth-order valence-corrected chi connectivity index (χ4v) is 4.73. The minimum Gasteiger partial charge on any atom is -0.496 e. The number of halogens is 2. The zero-order valence-corrected chi connectivity index (χ0v) is 23.9. The molecule has 4 aromatic carbocycles. The Hall–Kier alpha value is -4.37. The summed E-state index contributed by atoms with van der Waals surface area (Å²) in [6.45, 7) is 0.105. The van der Waals surface area contributed by atoms with Crippen LogP contribution in [0.25, 0.3) is 6.08 Å². The number of hydrogen-bond acceptors (Lipinski definition) is 6. The lowest BCUT2D eigenvalue weighted by Gasteiger charge is -2.29. The second-order valence-corrected chi connectivity index (χ2v) is 9.95. The molecule has 4 aromatic rings. The third kappa shape index (κ3) is 6.36. The molecule has 0 spiro atoms. The van der Waals surface area contributed by atoms with Crippen molar-refractivity contribution in [2.24, 2.45) is 0 Å². The summed E-state index contributed by atoms with van der Waals surface area (Å²) in [5.41, 5.74) is 1.65. The molecule has 1 N–H and O–H groups in total. The largest absolute Gasteiger partial charge is 0.496 e. The third-order valence-electron chi connectivity index (χ3n) is 6.09. The lowest BCUT2D eigenvalue weighted by atomic mass is 10.0. The summed E-state index contributed by atoms with van der Waals surface area (Å²) in [4.78, 5) is 27.6. The Morgan fingerprint density at radius 3 is 2.34 bits per heavy atom. The first-order valence-electron chi connectivity index (χ1n) is 12.3. The van der Waals surface area contributed by atoms with Crippen molar-refractivity contribution < 1.29 is 23.8 Å². The first kappa shape index (κ1) is 28.2. The number of thiocarbonyl (C=S) groups is 1. The zero-order chi connectivity index (χ0) is 28.9. The molecule has 1 fully saturated rings. The summed E-state index contributed by atoms with van der Waals surface area (Å²) in [5.74, 6) is 1.08. The van der Waals surface area contributed by atoms with Gasteiger partial charge in [0.15, 0.2) is 5.11 Å². The number of nitrogens with one attached hydrogen (secondary N) is 1. The van der Waals surface area contributed by atoms with Gasteiger partial charge in [0.2, 0.25) is 0 Å². The second-order valence-electron chi connectivity index (χ2n) is 8.78. The minimum absolute atomic E-state index is 0.0175. The lowest BCUT2D eigenvalue weighted by Crippen LogP contribution is -2.54. The average Bonchev–Trinajstić information content (AvgIpc) is 2.97. The maximum atomic E-state index is 13.5. The Bertz CT molecular complexity index is 1660. The monoisotopic (exact) mass is 604 g/mol. The van der Waals surface area contributed by atoms with Gasteiger partial charge in [-0.2, -0.15) is 0 Å². The first-order valence-corrected chi connectivity index (χ1v) is 13.5. The number of amides is 2. The number of ether oxygens (including phenoxy) is 3. The summed E-state index contributed by atoms with van der Waals surface area (Å²) in [5, 5.41) is 3.25. The van der Waals surface area contributed by atoms with Gasteiger partial charge in [0.1, 0.15) is 40.2 Å². The van der Waals surface area contributed by atoms with Crippen molar-refractivity contribution >= 4 is 64.1 Å². The summed E-state index contributed by atoms with van der Waals surface area (Å²) < 4.78 is 17.2. The van der Waals surface area contributed by atoms with Gasteiger partial charge in [-0.3, -0.25) is 19.8 Å². The van der Waals surface area contributed by atoms with E-state index in [1.165, 1.54) is 18.1 Å². The molecule has 7 nitrogen and oxygen atoms in total. The van der Waals surface area contributed by atoms with E-state index in [9.17, 15) is 9.59 Å². The van der Waals surface area contributed by atoms with E-state index < -0.39 is 11.8 Å². The van der Waals surface area contributed by atoms with Crippen molar-refractivity contribution in [3.63, 3.8) is 0 Å². The Morgan fingerprint density at radius 2 is 1.61 bits per heavy atom. The van der Waals surface area contributed by atoms with Crippen LogP contribution in [0.1, 0.15) is 11.1 Å². The molecule has 0 aliphatic carbocycles. The standard InChI is InChI=1S/C31H22Cl2N2O5S/c1-38-26-15-10-19(16-20(26)18-39-27-9-5-8-25(32)28(27)33)17-24-29(36)34-31(41)35(30(24)37)21-11-13-23(14-12-21)40-22-6-3-2-4-7-22/h2-17H,18H2,1H3,(H,34,36,41). The molecule has 0 radical (unpaired) electrons. The highest BCUT2D eigenvalue weighted by molar-refractivity contribution is 7.80. The van der Waals surface area contributed by atoms with Crippen LogP contribution in [-0.2, 0) is 16.2 Å². The van der Waals surface area contributed by atoms with Gasteiger partial charge in [-0.05, 0) is 84.5 Å². The van der Waals surface area contributed by atoms with Crippen LogP contribution in [0.4, 0.5) is 5.69 Å². The third-order valence-corrected chi connectivity index (χ3v) is 7.18. The van der Waals surface area contributed by atoms with Gasteiger partial charge in [0.05, 0.1) is 17.8 Å². The maximum Gasteiger partial charge on any atom is 0.270 e. The molecule has 41 heavy (non-hydrogen) atoms. The molecule has 1 saturated heterocycles. The minimum atomic E-state index is -0.598. The van der Waals surface area contributed by atoms with Crippen LogP contribution in [0.2, 0.25) is 10.0 Å². The average molecular weight is 605 g/mol. The molecule has 0 aromatic heterocycles. The molecular formula is C31H22Cl2N2O5S. The summed E-state index contributed by atoms with van der Waals surface area (Å²) in [6, 6.07) is 26.5. The van der Waals surface area contributed by atoms with E-state index in [0.29, 0.717) is 49.9 Å². The molecular weight excluding hydrogens is 583 g/mol. The SMILES string of the molecule is COc1ccc(C=C2C(=O)NC(=S)N(c3ccc(Oc4ccccc4)cc3)C2=O)cc1COc1cccc(Cl)c1Cl. The van der Waals surface area contributed by atoms with Crippen LogP contribution in [0.15, 0.2) is 96.6 Å². The Balaban J connectivity index is 1.38. The van der Waals surface area contributed by atoms with Crippen LogP contribution in [0, 0.1) is 0 Å². The number of rotatable bonds is 8. The summed E-state index contributed by atoms with van der Waals surface area (Å²) >= 11 is 17.7. The molecule has 0 atom stereocenters. The number of carbonyl (C=O) groups excluding carboxylic acids is 2. The topological polar surface area (TPSA) is 77.1 Å². The van der Waals surface area contributed by atoms with Crippen LogP contribution >= 0.6 is 35.4 Å². The Labute approximate surface area is 251 Å².